The molecule has 2 aromatic heterocycles. The van der Waals surface area contributed by atoms with Crippen LogP contribution < -0.4 is 31.4 Å². The van der Waals surface area contributed by atoms with Gasteiger partial charge in [-0.15, -0.1) is 0 Å². The van der Waals surface area contributed by atoms with Gasteiger partial charge in [-0.2, -0.15) is 0 Å². The molecule has 6 N–H and O–H groups in total. The van der Waals surface area contributed by atoms with E-state index in [1.54, 1.807) is 65.3 Å². The Bertz CT molecular complexity index is 3650. The number of amides is 3. The number of nitrogens with one attached hydrogen (secondary N) is 3. The van der Waals surface area contributed by atoms with E-state index in [2.05, 4.69) is 20.6 Å². The number of aryl methyl sites for hydroxylation is 1. The number of aliphatic hydroxyl groups is 1. The fourth-order valence-electron chi connectivity index (χ4n) is 9.44. The summed E-state index contributed by atoms with van der Waals surface area (Å²) in [6.45, 7) is 7.30. The minimum Gasteiger partial charge on any atom is -0.497 e. The minimum atomic E-state index is -4.22. The molecule has 1 aliphatic rings. The topological polar surface area (TPSA) is 226 Å². The summed E-state index contributed by atoms with van der Waals surface area (Å²) >= 11 is 0. The normalized spacial score (nSPS) is 13.4. The van der Waals surface area contributed by atoms with Gasteiger partial charge in [-0.1, -0.05) is 60.7 Å². The second kappa shape index (κ2) is 21.6. The maximum atomic E-state index is 14.4. The fraction of sp³-hybridized carbons (Fsp3) is 0.224. The lowest BCUT2D eigenvalue weighted by Gasteiger charge is -2.35. The number of ether oxygens (including phenoxy) is 2. The monoisotopic (exact) mass is 1030 g/mol. The zero-order valence-corrected chi connectivity index (χ0v) is 42.7. The molecule has 0 spiro atoms. The number of nitrogens with two attached hydrogens (primary N) is 1. The molecule has 1 aliphatic heterocycles. The summed E-state index contributed by atoms with van der Waals surface area (Å²) in [6, 6.07) is 39.7. The van der Waals surface area contributed by atoms with Crippen LogP contribution in [-0.2, 0) is 22.9 Å². The second-order valence-electron chi connectivity index (χ2n) is 19.2. The Morgan fingerprint density at radius 1 is 0.787 bits per heavy atom. The van der Waals surface area contributed by atoms with Crippen molar-refractivity contribution >= 4 is 60.7 Å². The number of aromatic nitrogens is 2. The maximum absolute atomic E-state index is 14.4. The summed E-state index contributed by atoms with van der Waals surface area (Å²) < 4.78 is 40.2. The highest BCUT2D eigenvalue weighted by Gasteiger charge is 2.29. The number of H-pyrrole nitrogens is 1. The van der Waals surface area contributed by atoms with Gasteiger partial charge < -0.3 is 45.7 Å². The van der Waals surface area contributed by atoms with E-state index in [-0.39, 0.29) is 76.7 Å². The number of aliphatic hydroxyl groups excluding tert-OH is 1. The van der Waals surface area contributed by atoms with Gasteiger partial charge >= 0.3 is 0 Å². The predicted octanol–water partition coefficient (Wildman–Crippen LogP) is 7.89. The number of methoxy groups -OCH3 is 1. The van der Waals surface area contributed by atoms with Crippen LogP contribution in [-0.4, -0.2) is 96.4 Å². The summed E-state index contributed by atoms with van der Waals surface area (Å²) in [5, 5.41) is 19.2. The molecular weight excluding hydrogens is 971 g/mol. The number of rotatable bonds is 17. The fourth-order valence-corrected chi connectivity index (χ4v) is 10.9. The Balaban J connectivity index is 0.831. The van der Waals surface area contributed by atoms with Crippen molar-refractivity contribution in [3.05, 3.63) is 195 Å². The minimum absolute atomic E-state index is 0.0603. The molecule has 75 heavy (non-hydrogen) atoms. The van der Waals surface area contributed by atoms with E-state index >= 15 is 0 Å². The van der Waals surface area contributed by atoms with Crippen LogP contribution >= 0.6 is 0 Å². The van der Waals surface area contributed by atoms with Crippen LogP contribution in [0.4, 0.5) is 11.4 Å². The van der Waals surface area contributed by atoms with Crippen molar-refractivity contribution in [1.82, 2.24) is 25.1 Å². The van der Waals surface area contributed by atoms with E-state index in [4.69, 9.17) is 15.2 Å². The number of benzene rings is 6. The number of aromatic amines is 1. The zero-order valence-electron chi connectivity index (χ0n) is 41.9. The van der Waals surface area contributed by atoms with E-state index in [0.717, 1.165) is 11.1 Å². The lowest BCUT2D eigenvalue weighted by atomic mass is 9.93. The molecule has 0 bridgehead atoms. The molecule has 3 heterocycles. The molecule has 0 saturated carbocycles. The van der Waals surface area contributed by atoms with Gasteiger partial charge in [-0.25, -0.2) is 8.42 Å². The lowest BCUT2D eigenvalue weighted by molar-refractivity contribution is 0.0535. The number of β-amino-alcohol motifs (C(OH)–C–C–N with tert-alkyl or cyclic N) is 1. The molecule has 17 heteroatoms. The summed E-state index contributed by atoms with van der Waals surface area (Å²) in [5.41, 5.74) is 10.6. The van der Waals surface area contributed by atoms with E-state index in [1.807, 2.05) is 68.4 Å². The number of sulfone groups is 1. The van der Waals surface area contributed by atoms with Gasteiger partial charge in [-0.05, 0) is 116 Å². The van der Waals surface area contributed by atoms with Gasteiger partial charge in [0.1, 0.15) is 18.1 Å². The third-order valence-electron chi connectivity index (χ3n) is 13.4. The van der Waals surface area contributed by atoms with Crippen molar-refractivity contribution in [2.45, 2.75) is 55.2 Å². The first-order chi connectivity index (χ1) is 36.0. The molecule has 8 aromatic rings. The Morgan fingerprint density at radius 2 is 1.47 bits per heavy atom. The Labute approximate surface area is 434 Å². The number of piperazine rings is 1. The maximum Gasteiger partial charge on any atom is 0.254 e. The largest absolute Gasteiger partial charge is 0.497 e. The smallest absolute Gasteiger partial charge is 0.254 e. The first-order valence-corrected chi connectivity index (χ1v) is 25.9. The van der Waals surface area contributed by atoms with Crippen LogP contribution in [0.25, 0.3) is 21.8 Å². The van der Waals surface area contributed by atoms with E-state index in [9.17, 15) is 32.7 Å². The molecule has 9 rings (SSSR count). The third kappa shape index (κ3) is 11.4. The van der Waals surface area contributed by atoms with Crippen LogP contribution in [0.1, 0.15) is 73.3 Å². The van der Waals surface area contributed by atoms with E-state index < -0.39 is 27.4 Å². The van der Waals surface area contributed by atoms with Crippen molar-refractivity contribution in [3.63, 3.8) is 0 Å². The molecular formula is C58H57N7O9S. The molecule has 1 saturated heterocycles. The lowest BCUT2D eigenvalue weighted by Crippen LogP contribution is -2.50. The van der Waals surface area contributed by atoms with Crippen LogP contribution in [0, 0.1) is 6.92 Å². The number of pyridine rings is 2. The molecule has 6 aromatic carbocycles. The van der Waals surface area contributed by atoms with E-state index in [1.165, 1.54) is 49.7 Å². The first kappa shape index (κ1) is 51.5. The van der Waals surface area contributed by atoms with Crippen molar-refractivity contribution in [1.29, 1.82) is 0 Å². The number of hydrogen-bond acceptors (Lipinski definition) is 12. The van der Waals surface area contributed by atoms with Crippen LogP contribution in [0.5, 0.6) is 11.5 Å². The zero-order chi connectivity index (χ0) is 53.0. The molecule has 0 radical (unpaired) electrons. The van der Waals surface area contributed by atoms with Crippen LogP contribution in [0.3, 0.4) is 0 Å². The Kier molecular flexibility index (Phi) is 14.8. The second-order valence-corrected chi connectivity index (χ2v) is 21.2. The summed E-state index contributed by atoms with van der Waals surface area (Å²) in [5.74, 6) is -0.239. The van der Waals surface area contributed by atoms with Gasteiger partial charge in [-0.3, -0.25) is 24.2 Å². The highest BCUT2D eigenvalue weighted by molar-refractivity contribution is 7.91. The number of anilines is 2. The Morgan fingerprint density at radius 3 is 2.17 bits per heavy atom. The number of fused-ring (bicyclic) bond motifs is 2. The number of primary amides is 1. The predicted molar refractivity (Wildman–Crippen MR) is 288 cm³/mol. The number of hydrogen-bond donors (Lipinski definition) is 5. The highest BCUT2D eigenvalue weighted by Crippen LogP contribution is 2.36. The highest BCUT2D eigenvalue weighted by atomic mass is 32.2. The van der Waals surface area contributed by atoms with Crippen molar-refractivity contribution in [2.75, 3.05) is 45.2 Å². The summed E-state index contributed by atoms with van der Waals surface area (Å²) in [7, 11) is -2.69. The molecule has 16 nitrogen and oxygen atoms in total. The van der Waals surface area contributed by atoms with Crippen molar-refractivity contribution in [3.8, 4) is 11.5 Å². The molecule has 1 atom stereocenters. The molecule has 384 valence electrons. The van der Waals surface area contributed by atoms with Gasteiger partial charge in [0.15, 0.2) is 0 Å². The van der Waals surface area contributed by atoms with Crippen LogP contribution in [0.15, 0.2) is 160 Å². The molecule has 3 amide bonds. The average Bonchev–Trinajstić information content (AvgIpc) is 3.41. The van der Waals surface area contributed by atoms with Crippen LogP contribution in [0.2, 0.25) is 0 Å². The van der Waals surface area contributed by atoms with E-state index in [0.29, 0.717) is 68.7 Å². The van der Waals surface area contributed by atoms with Gasteiger partial charge in [0, 0.05) is 84.2 Å². The van der Waals surface area contributed by atoms with Gasteiger partial charge in [0.2, 0.25) is 15.4 Å². The molecule has 1 fully saturated rings. The summed E-state index contributed by atoms with van der Waals surface area (Å²) in [6.07, 6.45) is 0.974. The SMILES string of the molecule is COc1cccc(Nc2c(C(N)=O)cnc3c(C)cc(S(=O)(=O)c4cccc(C(=O)N5CCN(C(=O)c6cccc(CC(C)(C)NC[C@H](O)c7ccc(OCc8ccccc8)c8[nH]c(=O)ccc78)c6)CC5)c4)cc23)c1. The number of nitrogens with zero attached hydrogens (tertiary/aromatic N) is 3. The van der Waals surface area contributed by atoms with Gasteiger partial charge in [0.25, 0.3) is 17.7 Å². The number of carbonyl (C=O) groups excluding carboxylic acids is 3. The van der Waals surface area contributed by atoms with Crippen molar-refractivity contribution < 1.29 is 37.4 Å². The molecule has 0 unspecified atom stereocenters. The molecule has 0 aliphatic carbocycles. The Hall–Kier alpha value is -8.38. The first-order valence-electron chi connectivity index (χ1n) is 24.4. The van der Waals surface area contributed by atoms with Gasteiger partial charge in [0.05, 0.1) is 45.3 Å². The average molecular weight is 1030 g/mol. The summed E-state index contributed by atoms with van der Waals surface area (Å²) in [4.78, 5) is 63.4. The quantitative estimate of drug-likeness (QED) is 0.0587. The van der Waals surface area contributed by atoms with Crippen molar-refractivity contribution in [2.24, 2.45) is 5.73 Å². The standard InChI is InChI=1S/C58H57N7O9S/c1-36-27-44(31-47-52(36)60-33-48(55(59)68)53(47)62-41-16-10-17-42(30-41)73-4)75(71,72)43-18-9-15-40(29-43)57(70)65-25-23-64(24-26-65)56(69)39-14-8-13-38(28-39)32-58(2,3)61-34-49(66)45-19-21-50(54-46(45)20-22-51(67)63-54)74-35-37-11-6-5-7-12-37/h5-22,27-31,33,49,61,66H,23-26,32,34-35H2,1-4H3,(H2,59,68)(H,60,62)(H,63,67)/t49-/m0/s1. The third-order valence-corrected chi connectivity index (χ3v) is 15.1. The number of carbonyl (C=O) groups is 3.